The topological polar surface area (TPSA) is 201 Å². The fourth-order valence-electron chi connectivity index (χ4n) is 6.84. The molecule has 5 bridgehead atoms. The van der Waals surface area contributed by atoms with Gasteiger partial charge in [0.1, 0.15) is 17.2 Å². The number of allylic oxidation sites excluding steroid dienone is 2. The fourth-order valence-corrected chi connectivity index (χ4v) is 6.84. The second kappa shape index (κ2) is 14.7. The smallest absolute Gasteiger partial charge is 0.312 e. The van der Waals surface area contributed by atoms with E-state index in [9.17, 15) is 39.9 Å². The van der Waals surface area contributed by atoms with E-state index in [0.29, 0.717) is 0 Å². The number of phenols is 3. The van der Waals surface area contributed by atoms with E-state index in [1.165, 1.54) is 53.4 Å². The molecule has 5 rings (SSSR count). The number of methoxy groups -OCH3 is 2. The van der Waals surface area contributed by atoms with Gasteiger partial charge in [-0.2, -0.15) is 0 Å². The first kappa shape index (κ1) is 38.2. The predicted molar refractivity (Wildman–Crippen MR) is 184 cm³/mol. The molecule has 3 aliphatic rings. The number of rotatable bonds is 2. The largest absolute Gasteiger partial charge is 0.507 e. The summed E-state index contributed by atoms with van der Waals surface area (Å²) in [7, 11) is 2.66. The molecule has 2 aromatic carbocycles. The van der Waals surface area contributed by atoms with Gasteiger partial charge in [0.2, 0.25) is 0 Å². The van der Waals surface area contributed by atoms with Crippen LogP contribution in [0.2, 0.25) is 0 Å². The molecule has 3 aliphatic heterocycles. The Morgan fingerprint density at radius 3 is 2.20 bits per heavy atom. The number of phenolic OH excluding ortho intramolecular Hbond substituents is 3. The first-order valence-corrected chi connectivity index (χ1v) is 16.4. The predicted octanol–water partition coefficient (Wildman–Crippen LogP) is 4.61. The number of aliphatic hydroxyl groups excluding tert-OH is 2. The number of amides is 1. The Bertz CT molecular complexity index is 1760. The molecule has 0 aliphatic carbocycles. The van der Waals surface area contributed by atoms with Crippen LogP contribution in [-0.2, 0) is 23.8 Å². The van der Waals surface area contributed by atoms with E-state index in [0.717, 1.165) is 6.07 Å². The number of Topliss-reactive ketones (excluding diaryl/α,β-unsaturated/α-hetero) is 1. The summed E-state index contributed by atoms with van der Waals surface area (Å²) >= 11 is 0. The molecule has 1 amide bonds. The molecule has 0 saturated heterocycles. The highest BCUT2D eigenvalue weighted by Crippen LogP contribution is 2.53. The second-order valence-corrected chi connectivity index (χ2v) is 13.4. The normalized spacial score (nSPS) is 32.6. The Morgan fingerprint density at radius 1 is 0.920 bits per heavy atom. The van der Waals surface area contributed by atoms with E-state index >= 15 is 0 Å². The number of fused-ring (bicyclic) bond motifs is 14. The SMILES string of the molecule is COC(=O)[C@H]1[C@@H](C)[C@@H](OC)C=CO[C@@]2(C)Oc3c(C)c(O)c4c(O)c(cc(O)c4c3C2=O)NC(=O)/C(C)=C\C=C/[C@@H](C)[C@@H](O)[C@@H](C)[C@H](O)[C@@H]1C. The molecule has 13 heteroatoms. The minimum absolute atomic E-state index is 0.0736. The van der Waals surface area contributed by atoms with Gasteiger partial charge >= 0.3 is 11.8 Å². The number of aromatic hydroxyl groups is 3. The number of esters is 1. The standard InChI is InChI=1S/C37H47NO12/c1-16-11-10-12-17(2)35(45)38-22-15-23(39)26-27(32(22)43)31(42)21(6)33-28(26)34(44)37(7,50-33)49-14-13-24(47-8)18(3)25(36(46)48-9)19(4)30(41)20(5)29(16)40/h10-16,18-20,24-25,29-30,39-43H,1-9H3,(H,38,45)/b11-10-,14-13?,17-12-/t16-,18+,19-,20-,24+,25+,29-,30-,37+/m1/s1. The Balaban J connectivity index is 1.88. The summed E-state index contributed by atoms with van der Waals surface area (Å²) in [4.78, 5) is 40.2. The molecule has 50 heavy (non-hydrogen) atoms. The van der Waals surface area contributed by atoms with Crippen molar-refractivity contribution >= 4 is 34.1 Å². The van der Waals surface area contributed by atoms with Gasteiger partial charge in [-0.05, 0) is 31.8 Å². The molecule has 13 nitrogen and oxygen atoms in total. The lowest BCUT2D eigenvalue weighted by molar-refractivity contribution is -0.155. The average molecular weight is 698 g/mol. The molecule has 0 spiro atoms. The van der Waals surface area contributed by atoms with E-state index in [2.05, 4.69) is 5.32 Å². The van der Waals surface area contributed by atoms with Gasteiger partial charge in [-0.25, -0.2) is 0 Å². The number of ether oxygens (including phenoxy) is 4. The lowest BCUT2D eigenvalue weighted by atomic mass is 9.73. The maximum absolute atomic E-state index is 13.9. The average Bonchev–Trinajstić information content (AvgIpc) is 3.34. The number of benzene rings is 2. The fraction of sp³-hybridized carbons (Fsp3) is 0.486. The van der Waals surface area contributed by atoms with Gasteiger partial charge < -0.3 is 49.8 Å². The van der Waals surface area contributed by atoms with Crippen LogP contribution in [0.1, 0.15) is 57.5 Å². The number of carbonyl (C=O) groups excluding carboxylic acids is 3. The highest BCUT2D eigenvalue weighted by Gasteiger charge is 2.49. The van der Waals surface area contributed by atoms with Gasteiger partial charge in [0.05, 0.1) is 54.2 Å². The van der Waals surface area contributed by atoms with Crippen LogP contribution in [0.4, 0.5) is 5.69 Å². The molecule has 9 atom stereocenters. The minimum Gasteiger partial charge on any atom is -0.507 e. The Labute approximate surface area is 290 Å². The number of hydrogen-bond donors (Lipinski definition) is 6. The number of hydrogen-bond acceptors (Lipinski definition) is 12. The minimum atomic E-state index is -1.99. The first-order valence-electron chi connectivity index (χ1n) is 16.4. The molecule has 0 radical (unpaired) electrons. The zero-order valence-electron chi connectivity index (χ0n) is 29.7. The monoisotopic (exact) mass is 697 g/mol. The van der Waals surface area contributed by atoms with E-state index in [-0.39, 0.29) is 38.9 Å². The molecule has 2 aromatic rings. The summed E-state index contributed by atoms with van der Waals surface area (Å²) in [6, 6.07) is 1.06. The molecule has 0 fully saturated rings. The molecule has 272 valence electrons. The summed E-state index contributed by atoms with van der Waals surface area (Å²) in [6.45, 7) is 11.2. The van der Waals surface area contributed by atoms with Gasteiger partial charge in [-0.3, -0.25) is 14.4 Å². The second-order valence-electron chi connectivity index (χ2n) is 13.4. The maximum atomic E-state index is 13.9. The Hall–Kier alpha value is -4.59. The maximum Gasteiger partial charge on any atom is 0.312 e. The van der Waals surface area contributed by atoms with Crippen molar-refractivity contribution in [3.8, 4) is 23.0 Å². The van der Waals surface area contributed by atoms with Gasteiger partial charge in [0, 0.05) is 48.5 Å². The number of ketones is 1. The third kappa shape index (κ3) is 6.77. The Kier molecular flexibility index (Phi) is 11.2. The quantitative estimate of drug-likeness (QED) is 0.145. The van der Waals surface area contributed by atoms with Gasteiger partial charge in [0.15, 0.2) is 5.75 Å². The molecular weight excluding hydrogens is 650 g/mol. The number of carbonyl (C=O) groups is 3. The first-order chi connectivity index (χ1) is 23.4. The van der Waals surface area contributed by atoms with Gasteiger partial charge in [0.25, 0.3) is 11.7 Å². The van der Waals surface area contributed by atoms with Crippen molar-refractivity contribution in [1.29, 1.82) is 0 Å². The van der Waals surface area contributed by atoms with Gasteiger partial charge in [-0.1, -0.05) is 45.9 Å². The zero-order chi connectivity index (χ0) is 37.4. The molecule has 0 saturated carbocycles. The van der Waals surface area contributed by atoms with Crippen molar-refractivity contribution in [2.75, 3.05) is 19.5 Å². The van der Waals surface area contributed by atoms with Crippen LogP contribution in [0.3, 0.4) is 0 Å². The van der Waals surface area contributed by atoms with Crippen molar-refractivity contribution in [1.82, 2.24) is 0 Å². The highest BCUT2D eigenvalue weighted by molar-refractivity contribution is 6.21. The van der Waals surface area contributed by atoms with Crippen molar-refractivity contribution in [2.45, 2.75) is 72.6 Å². The lowest BCUT2D eigenvalue weighted by Crippen LogP contribution is -2.45. The van der Waals surface area contributed by atoms with Crippen molar-refractivity contribution in [3.05, 3.63) is 53.3 Å². The van der Waals surface area contributed by atoms with Crippen LogP contribution in [0.15, 0.2) is 42.2 Å². The number of anilines is 1. The highest BCUT2D eigenvalue weighted by atomic mass is 16.7. The number of nitrogens with one attached hydrogen (secondary N) is 1. The van der Waals surface area contributed by atoms with Crippen LogP contribution in [-0.4, -0.2) is 81.5 Å². The molecule has 3 heterocycles. The van der Waals surface area contributed by atoms with Crippen LogP contribution >= 0.6 is 0 Å². The van der Waals surface area contributed by atoms with E-state index in [1.807, 2.05) is 0 Å². The van der Waals surface area contributed by atoms with E-state index < -0.39 is 88.6 Å². The summed E-state index contributed by atoms with van der Waals surface area (Å²) < 4.78 is 22.6. The molecule has 0 aromatic heterocycles. The summed E-state index contributed by atoms with van der Waals surface area (Å²) in [5.74, 6) is -9.04. The molecular formula is C37H47NO12. The molecule has 6 N–H and O–H groups in total. The summed E-state index contributed by atoms with van der Waals surface area (Å²) in [5, 5.41) is 58.2. The Morgan fingerprint density at radius 2 is 1.58 bits per heavy atom. The van der Waals surface area contributed by atoms with Crippen molar-refractivity contribution in [2.24, 2.45) is 29.6 Å². The zero-order valence-corrected chi connectivity index (χ0v) is 29.7. The van der Waals surface area contributed by atoms with Gasteiger partial charge in [-0.15, -0.1) is 0 Å². The third-order valence-electron chi connectivity index (χ3n) is 10.1. The van der Waals surface area contributed by atoms with Crippen molar-refractivity contribution in [3.63, 3.8) is 0 Å². The third-order valence-corrected chi connectivity index (χ3v) is 10.1. The van der Waals surface area contributed by atoms with Crippen LogP contribution in [0, 0.1) is 36.5 Å². The van der Waals surface area contributed by atoms with E-state index in [1.54, 1.807) is 39.8 Å². The summed E-state index contributed by atoms with van der Waals surface area (Å²) in [5.41, 5.74) is -0.105. The number of aliphatic hydroxyl groups is 2. The summed E-state index contributed by atoms with van der Waals surface area (Å²) in [6.07, 6.45) is 4.39. The van der Waals surface area contributed by atoms with Crippen LogP contribution < -0.4 is 10.1 Å². The lowest BCUT2D eigenvalue weighted by Gasteiger charge is -2.37. The molecule has 0 unspecified atom stereocenters. The van der Waals surface area contributed by atoms with E-state index in [4.69, 9.17) is 18.9 Å². The van der Waals surface area contributed by atoms with Crippen LogP contribution in [0.25, 0.3) is 10.8 Å². The van der Waals surface area contributed by atoms with Crippen LogP contribution in [0.5, 0.6) is 23.0 Å². The van der Waals surface area contributed by atoms with Crippen molar-refractivity contribution < 1.29 is 58.9 Å².